The molecule has 2 unspecified atom stereocenters. The number of rotatable bonds is 4. The van der Waals surface area contributed by atoms with Crippen LogP contribution in [0.25, 0.3) is 0 Å². The van der Waals surface area contributed by atoms with Crippen molar-refractivity contribution in [3.05, 3.63) is 29.3 Å². The first-order chi connectivity index (χ1) is 11.9. The maximum Gasteiger partial charge on any atom is 0.307 e. The standard InChI is InChI=1S/C19H24N2O4/c1-12(20-8-3-4-16(11-20)19(24)25)18(23)15-6-5-14-7-9-21(13(2)22)17(14)10-15/h5-6,10,12,16H,3-4,7-9,11H2,1-2H3,(H,24,25). The SMILES string of the molecule is CC(=O)N1CCc2ccc(C(=O)C(C)N3CCCC(C(=O)O)C3)cc21. The Morgan fingerprint density at radius 2 is 2.00 bits per heavy atom. The number of likely N-dealkylation sites (tertiary alicyclic amines) is 1. The van der Waals surface area contributed by atoms with Crippen LogP contribution in [0.3, 0.4) is 0 Å². The summed E-state index contributed by atoms with van der Waals surface area (Å²) in [6.07, 6.45) is 2.27. The van der Waals surface area contributed by atoms with Gasteiger partial charge < -0.3 is 10.0 Å². The number of carboxylic acid groups (broad SMARTS) is 1. The Labute approximate surface area is 147 Å². The van der Waals surface area contributed by atoms with Crippen molar-refractivity contribution >= 4 is 23.3 Å². The summed E-state index contributed by atoms with van der Waals surface area (Å²) in [6, 6.07) is 5.18. The number of benzene rings is 1. The molecule has 0 saturated carbocycles. The fraction of sp³-hybridized carbons (Fsp3) is 0.526. The molecule has 1 aromatic carbocycles. The fourth-order valence-electron chi connectivity index (χ4n) is 3.83. The first-order valence-corrected chi connectivity index (χ1v) is 8.80. The molecule has 3 rings (SSSR count). The van der Waals surface area contributed by atoms with Crippen molar-refractivity contribution in [2.75, 3.05) is 24.5 Å². The third kappa shape index (κ3) is 3.44. The molecule has 0 spiro atoms. The van der Waals surface area contributed by atoms with Crippen molar-refractivity contribution < 1.29 is 19.5 Å². The lowest BCUT2D eigenvalue weighted by Crippen LogP contribution is -2.46. The zero-order valence-electron chi connectivity index (χ0n) is 14.7. The number of piperidine rings is 1. The Morgan fingerprint density at radius 3 is 2.68 bits per heavy atom. The van der Waals surface area contributed by atoms with Crippen LogP contribution in [-0.2, 0) is 16.0 Å². The van der Waals surface area contributed by atoms with E-state index in [1.165, 1.54) is 6.92 Å². The first-order valence-electron chi connectivity index (χ1n) is 8.80. The number of Topliss-reactive ketones (excluding diaryl/α,β-unsaturated/α-hetero) is 1. The van der Waals surface area contributed by atoms with Crippen LogP contribution < -0.4 is 4.90 Å². The molecule has 2 aliphatic rings. The Kier molecular flexibility index (Phi) is 4.90. The molecule has 134 valence electrons. The van der Waals surface area contributed by atoms with Crippen LogP contribution in [0.15, 0.2) is 18.2 Å². The monoisotopic (exact) mass is 344 g/mol. The van der Waals surface area contributed by atoms with Crippen molar-refractivity contribution in [1.29, 1.82) is 0 Å². The van der Waals surface area contributed by atoms with Gasteiger partial charge in [0.05, 0.1) is 12.0 Å². The smallest absolute Gasteiger partial charge is 0.307 e. The highest BCUT2D eigenvalue weighted by molar-refractivity contribution is 6.02. The van der Waals surface area contributed by atoms with E-state index in [0.29, 0.717) is 25.1 Å². The van der Waals surface area contributed by atoms with Crippen molar-refractivity contribution in [2.24, 2.45) is 5.92 Å². The van der Waals surface area contributed by atoms with Gasteiger partial charge in [-0.25, -0.2) is 0 Å². The minimum atomic E-state index is -0.793. The number of nitrogens with zero attached hydrogens (tertiary/aromatic N) is 2. The number of hydrogen-bond donors (Lipinski definition) is 1. The Balaban J connectivity index is 1.78. The van der Waals surface area contributed by atoms with Crippen LogP contribution in [-0.4, -0.2) is 53.3 Å². The zero-order valence-corrected chi connectivity index (χ0v) is 14.7. The normalized spacial score (nSPS) is 21.7. The summed E-state index contributed by atoms with van der Waals surface area (Å²) in [4.78, 5) is 39.6. The van der Waals surface area contributed by atoms with Crippen LogP contribution in [0.1, 0.15) is 42.6 Å². The highest BCUT2D eigenvalue weighted by Crippen LogP contribution is 2.30. The summed E-state index contributed by atoms with van der Waals surface area (Å²) >= 11 is 0. The minimum Gasteiger partial charge on any atom is -0.481 e. The van der Waals surface area contributed by atoms with E-state index in [-0.39, 0.29) is 17.7 Å². The topological polar surface area (TPSA) is 77.9 Å². The predicted octanol–water partition coefficient (Wildman–Crippen LogP) is 1.96. The van der Waals surface area contributed by atoms with Gasteiger partial charge in [-0.2, -0.15) is 0 Å². The summed E-state index contributed by atoms with van der Waals surface area (Å²) in [7, 11) is 0. The number of carbonyl (C=O) groups is 3. The number of hydrogen-bond acceptors (Lipinski definition) is 4. The van der Waals surface area contributed by atoms with Gasteiger partial charge in [0.25, 0.3) is 0 Å². The van der Waals surface area contributed by atoms with Gasteiger partial charge in [-0.05, 0) is 44.4 Å². The molecule has 6 heteroatoms. The molecule has 0 bridgehead atoms. The van der Waals surface area contributed by atoms with Crippen LogP contribution in [0.5, 0.6) is 0 Å². The van der Waals surface area contributed by atoms with Gasteiger partial charge >= 0.3 is 5.97 Å². The molecule has 1 amide bonds. The molecule has 25 heavy (non-hydrogen) atoms. The second-order valence-electron chi connectivity index (χ2n) is 6.98. The lowest BCUT2D eigenvalue weighted by Gasteiger charge is -2.34. The van der Waals surface area contributed by atoms with Crippen LogP contribution >= 0.6 is 0 Å². The third-order valence-corrected chi connectivity index (χ3v) is 5.37. The Morgan fingerprint density at radius 1 is 1.24 bits per heavy atom. The molecular formula is C19H24N2O4. The molecule has 0 aliphatic carbocycles. The number of carboxylic acids is 1. The Hall–Kier alpha value is -2.21. The summed E-state index contributed by atoms with van der Waals surface area (Å²) in [5.74, 6) is -1.24. The molecule has 6 nitrogen and oxygen atoms in total. The molecule has 2 aliphatic heterocycles. The highest BCUT2D eigenvalue weighted by atomic mass is 16.4. The van der Waals surface area contributed by atoms with E-state index < -0.39 is 11.9 Å². The van der Waals surface area contributed by atoms with Crippen molar-refractivity contribution in [2.45, 2.75) is 39.2 Å². The van der Waals surface area contributed by atoms with Gasteiger partial charge in [-0.3, -0.25) is 19.3 Å². The fourth-order valence-corrected chi connectivity index (χ4v) is 3.83. The lowest BCUT2D eigenvalue weighted by molar-refractivity contribution is -0.143. The van der Waals surface area contributed by atoms with Gasteiger partial charge in [0.2, 0.25) is 5.91 Å². The predicted molar refractivity (Wildman–Crippen MR) is 93.9 cm³/mol. The average molecular weight is 344 g/mol. The van der Waals surface area contributed by atoms with Gasteiger partial charge in [0.15, 0.2) is 5.78 Å². The van der Waals surface area contributed by atoms with E-state index in [1.54, 1.807) is 11.0 Å². The minimum absolute atomic E-state index is 0.0169. The van der Waals surface area contributed by atoms with Crippen LogP contribution in [0.2, 0.25) is 0 Å². The second-order valence-corrected chi connectivity index (χ2v) is 6.98. The van der Waals surface area contributed by atoms with Crippen LogP contribution in [0.4, 0.5) is 5.69 Å². The number of anilines is 1. The van der Waals surface area contributed by atoms with Crippen molar-refractivity contribution in [1.82, 2.24) is 4.90 Å². The van der Waals surface area contributed by atoms with E-state index in [0.717, 1.165) is 30.6 Å². The van der Waals surface area contributed by atoms with Gasteiger partial charge in [-0.15, -0.1) is 0 Å². The van der Waals surface area contributed by atoms with Crippen molar-refractivity contribution in [3.8, 4) is 0 Å². The van der Waals surface area contributed by atoms with E-state index >= 15 is 0 Å². The molecule has 1 saturated heterocycles. The van der Waals surface area contributed by atoms with E-state index in [4.69, 9.17) is 0 Å². The largest absolute Gasteiger partial charge is 0.481 e. The number of amides is 1. The lowest BCUT2D eigenvalue weighted by atomic mass is 9.94. The molecule has 1 fully saturated rings. The average Bonchev–Trinajstić information content (AvgIpc) is 3.03. The van der Waals surface area contributed by atoms with Crippen molar-refractivity contribution in [3.63, 3.8) is 0 Å². The quantitative estimate of drug-likeness (QED) is 0.845. The molecule has 0 aromatic heterocycles. The van der Waals surface area contributed by atoms with Crippen LogP contribution in [0, 0.1) is 5.92 Å². The van der Waals surface area contributed by atoms with Gasteiger partial charge in [-0.1, -0.05) is 12.1 Å². The number of fused-ring (bicyclic) bond motifs is 1. The van der Waals surface area contributed by atoms with Gasteiger partial charge in [0, 0.05) is 31.3 Å². The number of carbonyl (C=O) groups excluding carboxylic acids is 2. The summed E-state index contributed by atoms with van der Waals surface area (Å²) in [6.45, 7) is 5.17. The maximum absolute atomic E-state index is 12.9. The molecule has 2 atom stereocenters. The number of ketones is 1. The molecule has 1 aromatic rings. The summed E-state index contributed by atoms with van der Waals surface area (Å²) in [5.41, 5.74) is 2.49. The highest BCUT2D eigenvalue weighted by Gasteiger charge is 2.32. The van der Waals surface area contributed by atoms with E-state index in [2.05, 4.69) is 0 Å². The first kappa shape index (κ1) is 17.6. The van der Waals surface area contributed by atoms with E-state index in [1.807, 2.05) is 24.0 Å². The molecular weight excluding hydrogens is 320 g/mol. The van der Waals surface area contributed by atoms with Gasteiger partial charge in [0.1, 0.15) is 0 Å². The zero-order chi connectivity index (χ0) is 18.1. The summed E-state index contributed by atoms with van der Waals surface area (Å²) in [5, 5.41) is 9.23. The summed E-state index contributed by atoms with van der Waals surface area (Å²) < 4.78 is 0. The van der Waals surface area contributed by atoms with E-state index in [9.17, 15) is 19.5 Å². The molecule has 0 radical (unpaired) electrons. The maximum atomic E-state index is 12.9. The molecule has 2 heterocycles. The Bertz CT molecular complexity index is 715. The third-order valence-electron chi connectivity index (χ3n) is 5.37. The number of aliphatic carboxylic acids is 1. The molecule has 1 N–H and O–H groups in total. The second kappa shape index (κ2) is 6.96.